The van der Waals surface area contributed by atoms with Crippen molar-refractivity contribution in [2.45, 2.75) is 83.7 Å². The summed E-state index contributed by atoms with van der Waals surface area (Å²) in [4.78, 5) is 0. The monoisotopic (exact) mass is 334 g/mol. The second kappa shape index (κ2) is 58.4. The molecule has 5 heteroatoms. The fraction of sp³-hybridized carbons (Fsp3) is 1.00. The van der Waals surface area contributed by atoms with Gasteiger partial charge in [0.05, 0.1) is 0 Å². The summed E-state index contributed by atoms with van der Waals surface area (Å²) in [7, 11) is 0. The van der Waals surface area contributed by atoms with Crippen LogP contribution in [0.25, 0.3) is 0 Å². The molecular weight excluding hydrogens is 294 g/mol. The maximum atomic E-state index is 8.07. The van der Waals surface area contributed by atoms with E-state index in [1.165, 1.54) is 10.6 Å². The molecule has 3 nitrogen and oxygen atoms in total. The van der Waals surface area contributed by atoms with Gasteiger partial charge in [-0.15, -0.1) is 0 Å². The zero-order valence-electron chi connectivity index (χ0n) is 15.3. The van der Waals surface area contributed by atoms with Crippen LogP contribution in [-0.4, -0.2) is 67.7 Å². The Labute approximate surface area is 151 Å². The minimum absolute atomic E-state index is 0.344. The van der Waals surface area contributed by atoms with Crippen LogP contribution in [-0.2, 0) is 0 Å². The second-order valence-corrected chi connectivity index (χ2v) is 5.68. The van der Waals surface area contributed by atoms with Gasteiger partial charge in [0, 0.05) is 19.8 Å². The molecule has 124 valence electrons. The molecule has 0 aliphatic heterocycles. The van der Waals surface area contributed by atoms with Gasteiger partial charge in [-0.3, -0.25) is 0 Å². The van der Waals surface area contributed by atoms with Crippen molar-refractivity contribution in [3.63, 3.8) is 0 Å². The molecule has 0 radical (unpaired) electrons. The molecule has 0 aromatic heterocycles. The van der Waals surface area contributed by atoms with E-state index in [1.807, 2.05) is 0 Å². The van der Waals surface area contributed by atoms with Crippen LogP contribution in [0.3, 0.4) is 0 Å². The van der Waals surface area contributed by atoms with E-state index in [0.717, 1.165) is 38.5 Å². The van der Waals surface area contributed by atoms with E-state index in [1.54, 1.807) is 0 Å². The minimum atomic E-state index is 0.344. The number of hydrogen-bond donors (Lipinski definition) is 3. The summed E-state index contributed by atoms with van der Waals surface area (Å²) in [5.41, 5.74) is 0. The van der Waals surface area contributed by atoms with Crippen molar-refractivity contribution in [1.29, 1.82) is 0 Å². The number of aliphatic hydroxyl groups excluding tert-OH is 3. The normalized spacial score (nSPS) is 7.81. The van der Waals surface area contributed by atoms with Crippen molar-refractivity contribution in [3.8, 4) is 0 Å². The van der Waals surface area contributed by atoms with E-state index in [2.05, 4.69) is 67.2 Å². The summed E-state index contributed by atoms with van der Waals surface area (Å²) >= 11 is 5.16. The summed E-state index contributed by atoms with van der Waals surface area (Å²) in [5.74, 6) is 0. The predicted octanol–water partition coefficient (Wildman–Crippen LogP) is 3.52. The molecule has 0 aromatic carbocycles. The van der Waals surface area contributed by atoms with Gasteiger partial charge in [-0.05, 0) is 19.3 Å². The van der Waals surface area contributed by atoms with Gasteiger partial charge < -0.3 is 15.3 Å². The molecule has 0 aliphatic carbocycles. The van der Waals surface area contributed by atoms with Gasteiger partial charge in [0.15, 0.2) is 0 Å². The molecule has 0 aliphatic rings. The number of rotatable bonds is 6. The third-order valence-corrected chi connectivity index (χ3v) is 1.54. The Kier molecular flexibility index (Phi) is 93.2. The van der Waals surface area contributed by atoms with Crippen molar-refractivity contribution < 1.29 is 15.3 Å². The molecule has 0 aromatic rings. The molecule has 0 unspecified atom stereocenters. The van der Waals surface area contributed by atoms with Crippen molar-refractivity contribution in [2.75, 3.05) is 19.8 Å². The Bertz CT molecular complexity index is 75.3. The molecule has 0 amide bonds. The SMILES string of the molecule is CCCCO.CCCCO.CCCCO.C[CH2][Al+2].C[CH2][Al+2]. The maximum absolute atomic E-state index is 8.07. The Morgan fingerprint density at radius 3 is 0.667 bits per heavy atom. The topological polar surface area (TPSA) is 60.7 Å². The molecule has 0 saturated heterocycles. The third-order valence-electron chi connectivity index (χ3n) is 1.54. The Hall–Kier alpha value is 0.945. The van der Waals surface area contributed by atoms with Crippen LogP contribution >= 0.6 is 0 Å². The van der Waals surface area contributed by atoms with Crippen LogP contribution in [0.1, 0.15) is 73.1 Å². The first-order chi connectivity index (χ1) is 10.1. The third kappa shape index (κ3) is 156. The zero-order valence-corrected chi connectivity index (χ0v) is 17.6. The Balaban J connectivity index is -0.0000000519. The van der Waals surface area contributed by atoms with Gasteiger partial charge in [0.2, 0.25) is 0 Å². The fourth-order valence-corrected chi connectivity index (χ4v) is 0.474. The van der Waals surface area contributed by atoms with Crippen molar-refractivity contribution >= 4 is 32.6 Å². The molecule has 21 heavy (non-hydrogen) atoms. The number of aliphatic hydroxyl groups is 3. The van der Waals surface area contributed by atoms with Gasteiger partial charge >= 0.3 is 57.0 Å². The average Bonchev–Trinajstić information content (AvgIpc) is 2.44. The standard InChI is InChI=1S/3C4H10O.2C2H5.2Al/c3*1-2-3-4-5;2*1-2;;/h3*5H,2-4H2,1H3;2*1H2,2H3;;/q;;;;;2*+2. The van der Waals surface area contributed by atoms with Crippen LogP contribution in [0.15, 0.2) is 0 Å². The van der Waals surface area contributed by atoms with Gasteiger partial charge in [0.25, 0.3) is 0 Å². The fourth-order valence-electron chi connectivity index (χ4n) is 0.474. The molecule has 0 spiro atoms. The molecule has 0 saturated carbocycles. The second-order valence-electron chi connectivity index (χ2n) is 4.05. The predicted molar refractivity (Wildman–Crippen MR) is 98.5 cm³/mol. The summed E-state index contributed by atoms with van der Waals surface area (Å²) in [6.07, 6.45) is 6.11. The summed E-state index contributed by atoms with van der Waals surface area (Å²) in [5, 5.41) is 26.5. The Morgan fingerprint density at radius 2 is 0.667 bits per heavy atom. The van der Waals surface area contributed by atoms with Crippen molar-refractivity contribution in [1.82, 2.24) is 0 Å². The van der Waals surface area contributed by atoms with Gasteiger partial charge in [-0.1, -0.05) is 40.0 Å². The van der Waals surface area contributed by atoms with Crippen LogP contribution in [0, 0.1) is 0 Å². The summed E-state index contributed by atoms with van der Waals surface area (Å²) in [6, 6.07) is 0. The van der Waals surface area contributed by atoms with E-state index in [0.29, 0.717) is 19.8 Å². The van der Waals surface area contributed by atoms with E-state index < -0.39 is 0 Å². The van der Waals surface area contributed by atoms with E-state index in [4.69, 9.17) is 15.3 Å². The van der Waals surface area contributed by atoms with E-state index >= 15 is 0 Å². The first kappa shape index (κ1) is 33.5. The van der Waals surface area contributed by atoms with Crippen LogP contribution < -0.4 is 0 Å². The summed E-state index contributed by atoms with van der Waals surface area (Å²) < 4.78 is 0. The number of unbranched alkanes of at least 4 members (excludes halogenated alkanes) is 3. The van der Waals surface area contributed by atoms with E-state index in [9.17, 15) is 0 Å². The molecular formula is C16H40Al2O3+4. The molecule has 0 fully saturated rings. The van der Waals surface area contributed by atoms with Gasteiger partial charge in [-0.25, -0.2) is 0 Å². The van der Waals surface area contributed by atoms with E-state index in [-0.39, 0.29) is 0 Å². The zero-order chi connectivity index (χ0) is 17.8. The van der Waals surface area contributed by atoms with Gasteiger partial charge in [-0.2, -0.15) is 0 Å². The molecule has 3 N–H and O–H groups in total. The van der Waals surface area contributed by atoms with Crippen LogP contribution in [0.4, 0.5) is 0 Å². The molecule has 0 rings (SSSR count). The molecule has 0 heterocycles. The first-order valence-electron chi connectivity index (χ1n) is 8.30. The van der Waals surface area contributed by atoms with Crippen molar-refractivity contribution in [3.05, 3.63) is 0 Å². The summed E-state index contributed by atoms with van der Waals surface area (Å²) in [6.45, 7) is 11.4. The number of hydrogen-bond acceptors (Lipinski definition) is 3. The van der Waals surface area contributed by atoms with Gasteiger partial charge in [0.1, 0.15) is 0 Å². The molecule has 0 atom stereocenters. The quantitative estimate of drug-likeness (QED) is 0.651. The average molecular weight is 334 g/mol. The van der Waals surface area contributed by atoms with Crippen LogP contribution in [0.5, 0.6) is 0 Å². The molecule has 0 bridgehead atoms. The van der Waals surface area contributed by atoms with Crippen LogP contribution in [0.2, 0.25) is 10.6 Å². The first-order valence-corrected chi connectivity index (χ1v) is 9.93. The van der Waals surface area contributed by atoms with Crippen molar-refractivity contribution in [2.24, 2.45) is 0 Å². The Morgan fingerprint density at radius 1 is 0.524 bits per heavy atom.